The Morgan fingerprint density at radius 3 is 2.65 bits per heavy atom. The Labute approximate surface area is 121 Å². The minimum Gasteiger partial charge on any atom is -0.493 e. The van der Waals surface area contributed by atoms with Crippen molar-refractivity contribution in [1.29, 1.82) is 0 Å². The van der Waals surface area contributed by atoms with Crippen molar-refractivity contribution in [1.82, 2.24) is 5.32 Å². The second-order valence-corrected chi connectivity index (χ2v) is 5.49. The van der Waals surface area contributed by atoms with Crippen LogP contribution in [0.4, 0.5) is 0 Å². The molecule has 2 N–H and O–H groups in total. The van der Waals surface area contributed by atoms with E-state index in [1.54, 1.807) is 0 Å². The van der Waals surface area contributed by atoms with Crippen LogP contribution in [0.15, 0.2) is 18.2 Å². The number of benzene rings is 1. The minimum absolute atomic E-state index is 0.0763. The number of carboxylic acids is 1. The SMILES string of the molecule is Cc1ccc(C)c(OCCCNC(C(=O)O)C(C)C)c1. The van der Waals surface area contributed by atoms with Crippen molar-refractivity contribution < 1.29 is 14.6 Å². The topological polar surface area (TPSA) is 58.6 Å². The summed E-state index contributed by atoms with van der Waals surface area (Å²) in [6, 6.07) is 5.64. The Bertz CT molecular complexity index is 443. The highest BCUT2D eigenvalue weighted by Crippen LogP contribution is 2.19. The van der Waals surface area contributed by atoms with Crippen LogP contribution in [-0.4, -0.2) is 30.3 Å². The lowest BCUT2D eigenvalue weighted by molar-refractivity contribution is -0.140. The van der Waals surface area contributed by atoms with Gasteiger partial charge in [-0.1, -0.05) is 26.0 Å². The molecule has 1 unspecified atom stereocenters. The molecule has 1 aromatic carbocycles. The number of aliphatic carboxylic acids is 1. The van der Waals surface area contributed by atoms with Gasteiger partial charge in [-0.2, -0.15) is 0 Å². The first kappa shape index (κ1) is 16.5. The summed E-state index contributed by atoms with van der Waals surface area (Å²) >= 11 is 0. The summed E-state index contributed by atoms with van der Waals surface area (Å²) in [5.41, 5.74) is 2.30. The number of carbonyl (C=O) groups is 1. The third-order valence-corrected chi connectivity index (χ3v) is 3.22. The van der Waals surface area contributed by atoms with Crippen LogP contribution in [0.5, 0.6) is 5.75 Å². The lowest BCUT2D eigenvalue weighted by atomic mass is 10.0. The predicted molar refractivity (Wildman–Crippen MR) is 80.3 cm³/mol. The van der Waals surface area contributed by atoms with E-state index < -0.39 is 12.0 Å². The van der Waals surface area contributed by atoms with Gasteiger partial charge < -0.3 is 15.2 Å². The van der Waals surface area contributed by atoms with Crippen molar-refractivity contribution in [2.45, 2.75) is 40.2 Å². The van der Waals surface area contributed by atoms with Crippen molar-refractivity contribution in [3.8, 4) is 5.75 Å². The molecule has 0 spiro atoms. The van der Waals surface area contributed by atoms with Crippen LogP contribution in [0, 0.1) is 19.8 Å². The second kappa shape index (κ2) is 7.90. The van der Waals surface area contributed by atoms with Gasteiger partial charge in [0.25, 0.3) is 0 Å². The number of ether oxygens (including phenoxy) is 1. The molecular weight excluding hydrogens is 254 g/mol. The largest absolute Gasteiger partial charge is 0.493 e. The van der Waals surface area contributed by atoms with Gasteiger partial charge >= 0.3 is 5.97 Å². The van der Waals surface area contributed by atoms with E-state index in [0.29, 0.717) is 13.2 Å². The first-order chi connectivity index (χ1) is 9.41. The predicted octanol–water partition coefficient (Wildman–Crippen LogP) is 2.77. The highest BCUT2D eigenvalue weighted by Gasteiger charge is 2.19. The molecule has 4 nitrogen and oxygen atoms in total. The Balaban J connectivity index is 2.31. The van der Waals surface area contributed by atoms with E-state index in [2.05, 4.69) is 11.4 Å². The molecule has 1 rings (SSSR count). The van der Waals surface area contributed by atoms with Crippen LogP contribution in [0.2, 0.25) is 0 Å². The molecule has 20 heavy (non-hydrogen) atoms. The van der Waals surface area contributed by atoms with Crippen molar-refractivity contribution in [2.75, 3.05) is 13.2 Å². The van der Waals surface area contributed by atoms with Gasteiger partial charge in [0, 0.05) is 0 Å². The number of rotatable bonds is 8. The molecule has 0 bridgehead atoms. The fourth-order valence-electron chi connectivity index (χ4n) is 1.98. The van der Waals surface area contributed by atoms with Gasteiger partial charge in [-0.05, 0) is 49.9 Å². The highest BCUT2D eigenvalue weighted by atomic mass is 16.5. The van der Waals surface area contributed by atoms with Gasteiger partial charge in [-0.3, -0.25) is 4.79 Å². The third-order valence-electron chi connectivity index (χ3n) is 3.22. The molecule has 0 saturated heterocycles. The molecule has 0 aliphatic rings. The van der Waals surface area contributed by atoms with Crippen molar-refractivity contribution >= 4 is 5.97 Å². The van der Waals surface area contributed by atoms with Gasteiger partial charge in [0.1, 0.15) is 11.8 Å². The van der Waals surface area contributed by atoms with E-state index in [-0.39, 0.29) is 5.92 Å². The summed E-state index contributed by atoms with van der Waals surface area (Å²) in [6.45, 7) is 9.08. The van der Waals surface area contributed by atoms with Crippen LogP contribution in [0.25, 0.3) is 0 Å². The number of nitrogens with one attached hydrogen (secondary N) is 1. The fourth-order valence-corrected chi connectivity index (χ4v) is 1.98. The van der Waals surface area contributed by atoms with E-state index in [4.69, 9.17) is 9.84 Å². The van der Waals surface area contributed by atoms with Crippen LogP contribution in [0.3, 0.4) is 0 Å². The summed E-state index contributed by atoms with van der Waals surface area (Å²) < 4.78 is 5.73. The zero-order chi connectivity index (χ0) is 15.1. The maximum absolute atomic E-state index is 11.0. The minimum atomic E-state index is -0.796. The Morgan fingerprint density at radius 2 is 2.05 bits per heavy atom. The highest BCUT2D eigenvalue weighted by molar-refractivity contribution is 5.73. The molecule has 0 saturated carbocycles. The molecule has 0 fully saturated rings. The number of hydrogen-bond acceptors (Lipinski definition) is 3. The van der Waals surface area contributed by atoms with E-state index in [1.807, 2.05) is 39.8 Å². The Hall–Kier alpha value is -1.55. The molecule has 0 radical (unpaired) electrons. The molecular formula is C16H25NO3. The monoisotopic (exact) mass is 279 g/mol. The van der Waals surface area contributed by atoms with E-state index in [9.17, 15) is 4.79 Å². The van der Waals surface area contributed by atoms with Gasteiger partial charge in [-0.15, -0.1) is 0 Å². The summed E-state index contributed by atoms with van der Waals surface area (Å²) in [6.07, 6.45) is 0.782. The van der Waals surface area contributed by atoms with Crippen molar-refractivity contribution in [2.24, 2.45) is 5.92 Å². The number of hydrogen-bond donors (Lipinski definition) is 2. The van der Waals surface area contributed by atoms with Gasteiger partial charge in [-0.25, -0.2) is 0 Å². The average Bonchev–Trinajstić information content (AvgIpc) is 2.36. The summed E-state index contributed by atoms with van der Waals surface area (Å²) in [4.78, 5) is 11.0. The molecule has 0 heterocycles. The molecule has 0 aliphatic heterocycles. The zero-order valence-corrected chi connectivity index (χ0v) is 12.8. The number of carboxylic acid groups (broad SMARTS) is 1. The van der Waals surface area contributed by atoms with Gasteiger partial charge in [0.15, 0.2) is 0 Å². The first-order valence-corrected chi connectivity index (χ1v) is 7.08. The van der Waals surface area contributed by atoms with Crippen LogP contribution < -0.4 is 10.1 Å². The van der Waals surface area contributed by atoms with E-state index in [1.165, 1.54) is 5.56 Å². The van der Waals surface area contributed by atoms with Crippen LogP contribution in [-0.2, 0) is 4.79 Å². The normalized spacial score (nSPS) is 12.4. The van der Waals surface area contributed by atoms with E-state index in [0.717, 1.165) is 17.7 Å². The molecule has 1 atom stereocenters. The Morgan fingerprint density at radius 1 is 1.35 bits per heavy atom. The van der Waals surface area contributed by atoms with Gasteiger partial charge in [0.2, 0.25) is 0 Å². The second-order valence-electron chi connectivity index (χ2n) is 5.49. The summed E-state index contributed by atoms with van der Waals surface area (Å²) in [5, 5.41) is 12.1. The lowest BCUT2D eigenvalue weighted by Crippen LogP contribution is -2.41. The fraction of sp³-hybridized carbons (Fsp3) is 0.562. The molecule has 4 heteroatoms. The van der Waals surface area contributed by atoms with Crippen molar-refractivity contribution in [3.05, 3.63) is 29.3 Å². The smallest absolute Gasteiger partial charge is 0.320 e. The molecule has 0 aliphatic carbocycles. The maximum atomic E-state index is 11.0. The molecule has 112 valence electrons. The van der Waals surface area contributed by atoms with Crippen molar-refractivity contribution in [3.63, 3.8) is 0 Å². The molecule has 1 aromatic rings. The standard InChI is InChI=1S/C16H25NO3/c1-11(2)15(16(18)19)17-8-5-9-20-14-10-12(3)6-7-13(14)4/h6-7,10-11,15,17H,5,8-9H2,1-4H3,(H,18,19). The lowest BCUT2D eigenvalue weighted by Gasteiger charge is -2.18. The Kier molecular flexibility index (Phi) is 6.52. The zero-order valence-electron chi connectivity index (χ0n) is 12.8. The molecule has 0 aromatic heterocycles. The van der Waals surface area contributed by atoms with Crippen LogP contribution in [0.1, 0.15) is 31.4 Å². The van der Waals surface area contributed by atoms with E-state index >= 15 is 0 Å². The average molecular weight is 279 g/mol. The molecule has 0 amide bonds. The summed E-state index contributed by atoms with van der Waals surface area (Å²) in [7, 11) is 0. The summed E-state index contributed by atoms with van der Waals surface area (Å²) in [5.74, 6) is 0.187. The van der Waals surface area contributed by atoms with Crippen LogP contribution >= 0.6 is 0 Å². The first-order valence-electron chi connectivity index (χ1n) is 7.08. The maximum Gasteiger partial charge on any atom is 0.320 e. The van der Waals surface area contributed by atoms with Gasteiger partial charge in [0.05, 0.1) is 6.61 Å². The third kappa shape index (κ3) is 5.21. The number of aryl methyl sites for hydroxylation is 2. The quantitative estimate of drug-likeness (QED) is 0.718.